The Labute approximate surface area is 70.4 Å². The molecule has 3 heteroatoms. The number of allylic oxidation sites excluding steroid dienone is 1. The average Bonchev–Trinajstić information content (AvgIpc) is 2.08. The van der Waals surface area contributed by atoms with Gasteiger partial charge >= 0.3 is 0 Å². The molecular weight excluding hydrogens is 156 g/mol. The molecular formula is C9H10O3. The highest BCUT2D eigenvalue weighted by Gasteiger charge is 2.56. The number of rotatable bonds is 0. The van der Waals surface area contributed by atoms with E-state index in [4.69, 9.17) is 4.74 Å². The quantitative estimate of drug-likeness (QED) is 0.391. The summed E-state index contributed by atoms with van der Waals surface area (Å²) in [6, 6.07) is 0. The lowest BCUT2D eigenvalue weighted by molar-refractivity contribution is -0.190. The molecule has 0 radical (unpaired) electrons. The van der Waals surface area contributed by atoms with Crippen LogP contribution in [0.1, 0.15) is 19.8 Å². The van der Waals surface area contributed by atoms with E-state index in [0.717, 1.165) is 6.42 Å². The van der Waals surface area contributed by atoms with E-state index >= 15 is 0 Å². The van der Waals surface area contributed by atoms with Crippen molar-refractivity contribution in [2.45, 2.75) is 31.5 Å². The molecule has 0 aromatic rings. The first-order valence-corrected chi connectivity index (χ1v) is 4.10. The van der Waals surface area contributed by atoms with E-state index in [1.165, 1.54) is 0 Å². The standard InChI is InChI=1S/C9H10O3/c1-6-8(11)9(12-6)5-3-2-4-7(9)10/h3,5-6H,2,4H2,1H3. The van der Waals surface area contributed by atoms with Crippen LogP contribution in [-0.4, -0.2) is 23.3 Å². The van der Waals surface area contributed by atoms with Crippen LogP contribution in [-0.2, 0) is 14.3 Å². The Morgan fingerprint density at radius 1 is 1.58 bits per heavy atom. The van der Waals surface area contributed by atoms with Crippen molar-refractivity contribution in [3.8, 4) is 0 Å². The van der Waals surface area contributed by atoms with Crippen molar-refractivity contribution in [2.75, 3.05) is 0 Å². The normalized spacial score (nSPS) is 40.2. The molecule has 3 nitrogen and oxygen atoms in total. The van der Waals surface area contributed by atoms with Gasteiger partial charge in [-0.15, -0.1) is 0 Å². The van der Waals surface area contributed by atoms with Gasteiger partial charge in [-0.05, 0) is 19.4 Å². The minimum Gasteiger partial charge on any atom is -0.344 e. The lowest BCUT2D eigenvalue weighted by Gasteiger charge is -2.42. The van der Waals surface area contributed by atoms with Crippen LogP contribution in [0.5, 0.6) is 0 Å². The second-order valence-corrected chi connectivity index (χ2v) is 3.22. The van der Waals surface area contributed by atoms with Crippen LogP contribution in [0.2, 0.25) is 0 Å². The summed E-state index contributed by atoms with van der Waals surface area (Å²) < 4.78 is 5.21. The Balaban J connectivity index is 2.32. The molecule has 2 aliphatic rings. The van der Waals surface area contributed by atoms with E-state index < -0.39 is 11.7 Å². The molecule has 1 fully saturated rings. The molecule has 0 N–H and O–H groups in total. The zero-order chi connectivity index (χ0) is 8.77. The van der Waals surface area contributed by atoms with Crippen LogP contribution in [0.4, 0.5) is 0 Å². The molecule has 1 heterocycles. The summed E-state index contributed by atoms with van der Waals surface area (Å²) in [7, 11) is 0. The summed E-state index contributed by atoms with van der Waals surface area (Å²) in [6.45, 7) is 1.67. The third-order valence-electron chi connectivity index (χ3n) is 2.40. The van der Waals surface area contributed by atoms with Crippen LogP contribution in [0.3, 0.4) is 0 Å². The maximum Gasteiger partial charge on any atom is 0.206 e. The van der Waals surface area contributed by atoms with Gasteiger partial charge in [0.25, 0.3) is 0 Å². The molecule has 1 aliphatic carbocycles. The summed E-state index contributed by atoms with van der Waals surface area (Å²) in [6.07, 6.45) is 4.18. The van der Waals surface area contributed by atoms with Crippen molar-refractivity contribution >= 4 is 11.6 Å². The Hall–Kier alpha value is -0.960. The van der Waals surface area contributed by atoms with Gasteiger partial charge in [-0.3, -0.25) is 9.59 Å². The Morgan fingerprint density at radius 3 is 2.83 bits per heavy atom. The summed E-state index contributed by atoms with van der Waals surface area (Å²) in [5.41, 5.74) is -1.17. The van der Waals surface area contributed by atoms with Gasteiger partial charge in [-0.2, -0.15) is 0 Å². The molecule has 2 unspecified atom stereocenters. The van der Waals surface area contributed by atoms with E-state index in [-0.39, 0.29) is 11.6 Å². The van der Waals surface area contributed by atoms with Gasteiger partial charge in [-0.25, -0.2) is 0 Å². The van der Waals surface area contributed by atoms with E-state index in [2.05, 4.69) is 0 Å². The molecule has 0 aromatic heterocycles. The maximum absolute atomic E-state index is 11.4. The van der Waals surface area contributed by atoms with Gasteiger partial charge in [0.05, 0.1) is 0 Å². The summed E-state index contributed by atoms with van der Waals surface area (Å²) in [5.74, 6) is -0.184. The van der Waals surface area contributed by atoms with Crippen molar-refractivity contribution in [1.29, 1.82) is 0 Å². The van der Waals surface area contributed by atoms with Crippen molar-refractivity contribution in [2.24, 2.45) is 0 Å². The SMILES string of the molecule is CC1OC2(C=CCCC2=O)C1=O. The van der Waals surface area contributed by atoms with Crippen LogP contribution in [0.15, 0.2) is 12.2 Å². The minimum absolute atomic E-state index is 0.0897. The highest BCUT2D eigenvalue weighted by Crippen LogP contribution is 2.34. The molecule has 64 valence electrons. The van der Waals surface area contributed by atoms with Crippen molar-refractivity contribution in [3.05, 3.63) is 12.2 Å². The predicted octanol–water partition coefficient (Wildman–Crippen LogP) is 0.632. The van der Waals surface area contributed by atoms with Gasteiger partial charge in [0.2, 0.25) is 11.4 Å². The van der Waals surface area contributed by atoms with E-state index in [1.54, 1.807) is 13.0 Å². The van der Waals surface area contributed by atoms with Gasteiger partial charge in [0, 0.05) is 6.42 Å². The molecule has 1 saturated heterocycles. The molecule has 1 aliphatic heterocycles. The van der Waals surface area contributed by atoms with Crippen molar-refractivity contribution in [1.82, 2.24) is 0 Å². The fourth-order valence-corrected chi connectivity index (χ4v) is 1.70. The van der Waals surface area contributed by atoms with Crippen LogP contribution < -0.4 is 0 Å². The number of carbonyl (C=O) groups is 2. The lowest BCUT2D eigenvalue weighted by Crippen LogP contribution is -2.64. The first kappa shape index (κ1) is 7.68. The molecule has 0 saturated carbocycles. The van der Waals surface area contributed by atoms with Gasteiger partial charge < -0.3 is 4.74 Å². The first-order chi connectivity index (χ1) is 5.67. The maximum atomic E-state index is 11.4. The molecule has 0 aromatic carbocycles. The molecule has 1 spiro atoms. The number of ketones is 2. The van der Waals surface area contributed by atoms with E-state index in [9.17, 15) is 9.59 Å². The van der Waals surface area contributed by atoms with E-state index in [1.807, 2.05) is 6.08 Å². The Morgan fingerprint density at radius 2 is 2.33 bits per heavy atom. The van der Waals surface area contributed by atoms with Crippen LogP contribution in [0, 0.1) is 0 Å². The second-order valence-electron chi connectivity index (χ2n) is 3.22. The summed E-state index contributed by atoms with van der Waals surface area (Å²) >= 11 is 0. The van der Waals surface area contributed by atoms with Crippen LogP contribution in [0.25, 0.3) is 0 Å². The van der Waals surface area contributed by atoms with Crippen molar-refractivity contribution in [3.63, 3.8) is 0 Å². The average molecular weight is 166 g/mol. The molecule has 0 bridgehead atoms. The highest BCUT2D eigenvalue weighted by atomic mass is 16.6. The Bertz CT molecular complexity index is 279. The zero-order valence-corrected chi connectivity index (χ0v) is 6.87. The van der Waals surface area contributed by atoms with E-state index in [0.29, 0.717) is 6.42 Å². The molecule has 2 rings (SSSR count). The smallest absolute Gasteiger partial charge is 0.206 e. The summed E-state index contributed by atoms with van der Waals surface area (Å²) in [5, 5.41) is 0. The van der Waals surface area contributed by atoms with Gasteiger partial charge in [0.15, 0.2) is 5.78 Å². The van der Waals surface area contributed by atoms with Gasteiger partial charge in [0.1, 0.15) is 6.10 Å². The fraction of sp³-hybridized carbons (Fsp3) is 0.556. The van der Waals surface area contributed by atoms with Crippen LogP contribution >= 0.6 is 0 Å². The highest BCUT2D eigenvalue weighted by molar-refractivity contribution is 6.17. The number of Topliss-reactive ketones (excluding diaryl/α,β-unsaturated/α-hetero) is 2. The largest absolute Gasteiger partial charge is 0.344 e. The Kier molecular flexibility index (Phi) is 1.45. The minimum atomic E-state index is -1.17. The molecule has 12 heavy (non-hydrogen) atoms. The number of ether oxygens (including phenoxy) is 1. The fourth-order valence-electron chi connectivity index (χ4n) is 1.70. The zero-order valence-electron chi connectivity index (χ0n) is 6.87. The number of carbonyl (C=O) groups excluding carboxylic acids is 2. The number of hydrogen-bond acceptors (Lipinski definition) is 3. The first-order valence-electron chi connectivity index (χ1n) is 4.10. The monoisotopic (exact) mass is 166 g/mol. The lowest BCUT2D eigenvalue weighted by atomic mass is 9.79. The third-order valence-corrected chi connectivity index (χ3v) is 2.40. The predicted molar refractivity (Wildman–Crippen MR) is 41.7 cm³/mol. The van der Waals surface area contributed by atoms with Gasteiger partial charge in [-0.1, -0.05) is 6.08 Å². The molecule has 2 atom stereocenters. The summed E-state index contributed by atoms with van der Waals surface area (Å²) in [4.78, 5) is 22.7. The second kappa shape index (κ2) is 2.26. The topological polar surface area (TPSA) is 43.4 Å². The third kappa shape index (κ3) is 0.743. The number of hydrogen-bond donors (Lipinski definition) is 0. The molecule has 0 amide bonds. The van der Waals surface area contributed by atoms with Crippen molar-refractivity contribution < 1.29 is 14.3 Å².